The van der Waals surface area contributed by atoms with Crippen LogP contribution in [-0.2, 0) is 0 Å². The maximum atomic E-state index is 10.9. The molecule has 2 amide bonds. The number of nitrogens with two attached hydrogens (primary N) is 1. The van der Waals surface area contributed by atoms with Gasteiger partial charge < -0.3 is 16.1 Å². The normalized spacial score (nSPS) is 9.08. The smallest absolute Gasteiger partial charge is 0.318 e. The fraction of sp³-hybridized carbons (Fsp3) is 0.125. The van der Waals surface area contributed by atoms with Crippen molar-refractivity contribution in [1.29, 1.82) is 0 Å². The van der Waals surface area contributed by atoms with E-state index in [1.165, 1.54) is 0 Å². The number of carbonyl (C=O) groups excluding carboxylic acids is 1. The minimum absolute atomic E-state index is 0.242. The molecule has 0 aromatic heterocycles. The molecule has 0 fully saturated rings. The second kappa shape index (κ2) is 4.32. The topological polar surface area (TPSA) is 79.2 Å². The Bertz CT molecular complexity index is 283. The minimum Gasteiger partial charge on any atom is -0.341 e. The van der Waals surface area contributed by atoms with Gasteiger partial charge in [0, 0.05) is 18.4 Å². The Morgan fingerprint density at radius 1 is 1.23 bits per heavy atom. The average Bonchev–Trinajstić information content (AvgIpc) is 2.19. The predicted octanol–water partition coefficient (Wildman–Crippen LogP) is 0.723. The number of carbonyl (C=O) groups is 1. The maximum absolute atomic E-state index is 10.9. The first kappa shape index (κ1) is 9.34. The first-order chi connectivity index (χ1) is 6.26. The molecule has 0 saturated carbocycles. The van der Waals surface area contributed by atoms with Gasteiger partial charge >= 0.3 is 6.03 Å². The number of hydrogen-bond donors (Lipinski definition) is 4. The van der Waals surface area contributed by atoms with Crippen LogP contribution >= 0.6 is 0 Å². The molecule has 1 rings (SSSR count). The van der Waals surface area contributed by atoms with E-state index in [1.807, 2.05) is 0 Å². The van der Waals surface area contributed by atoms with Crippen molar-refractivity contribution in [2.45, 2.75) is 0 Å². The Morgan fingerprint density at radius 3 is 2.23 bits per heavy atom. The van der Waals surface area contributed by atoms with Crippen LogP contribution in [0.25, 0.3) is 0 Å². The molecule has 5 nitrogen and oxygen atoms in total. The van der Waals surface area contributed by atoms with Crippen molar-refractivity contribution in [2.24, 2.45) is 5.84 Å². The zero-order valence-corrected chi connectivity index (χ0v) is 7.29. The van der Waals surface area contributed by atoms with Crippen molar-refractivity contribution in [2.75, 3.05) is 17.8 Å². The second-order valence-electron chi connectivity index (χ2n) is 2.43. The fourth-order valence-corrected chi connectivity index (χ4v) is 0.843. The van der Waals surface area contributed by atoms with E-state index in [1.54, 1.807) is 31.3 Å². The Labute approximate surface area is 76.3 Å². The van der Waals surface area contributed by atoms with E-state index < -0.39 is 0 Å². The van der Waals surface area contributed by atoms with Gasteiger partial charge in [-0.3, -0.25) is 5.84 Å². The molecule has 0 unspecified atom stereocenters. The van der Waals surface area contributed by atoms with E-state index >= 15 is 0 Å². The van der Waals surface area contributed by atoms with Gasteiger partial charge in [0.1, 0.15) is 0 Å². The van der Waals surface area contributed by atoms with Crippen LogP contribution in [0.15, 0.2) is 24.3 Å². The van der Waals surface area contributed by atoms with Crippen molar-refractivity contribution in [1.82, 2.24) is 5.32 Å². The lowest BCUT2D eigenvalue weighted by Gasteiger charge is -2.04. The molecule has 5 N–H and O–H groups in total. The number of nitrogens with one attached hydrogen (secondary N) is 3. The van der Waals surface area contributed by atoms with Crippen LogP contribution in [0, 0.1) is 0 Å². The summed E-state index contributed by atoms with van der Waals surface area (Å²) >= 11 is 0. The molecule has 0 heterocycles. The molecule has 0 bridgehead atoms. The van der Waals surface area contributed by atoms with E-state index in [0.717, 1.165) is 11.4 Å². The van der Waals surface area contributed by atoms with Crippen LogP contribution in [0.3, 0.4) is 0 Å². The molecule has 0 spiro atoms. The Balaban J connectivity index is 2.64. The highest BCUT2D eigenvalue weighted by molar-refractivity contribution is 5.89. The van der Waals surface area contributed by atoms with Crippen molar-refractivity contribution >= 4 is 17.4 Å². The molecule has 0 aliphatic carbocycles. The van der Waals surface area contributed by atoms with Gasteiger partial charge in [-0.05, 0) is 24.3 Å². The third-order valence-electron chi connectivity index (χ3n) is 1.54. The van der Waals surface area contributed by atoms with Crippen LogP contribution in [-0.4, -0.2) is 13.1 Å². The van der Waals surface area contributed by atoms with Crippen LogP contribution in [0.1, 0.15) is 0 Å². The molecular formula is C8H12N4O. The highest BCUT2D eigenvalue weighted by Crippen LogP contribution is 2.11. The van der Waals surface area contributed by atoms with Crippen LogP contribution in [0.4, 0.5) is 16.2 Å². The lowest BCUT2D eigenvalue weighted by molar-refractivity contribution is 0.254. The van der Waals surface area contributed by atoms with Gasteiger partial charge in [0.05, 0.1) is 0 Å². The summed E-state index contributed by atoms with van der Waals surface area (Å²) in [5.74, 6) is 5.18. The summed E-state index contributed by atoms with van der Waals surface area (Å²) in [5, 5.41) is 5.08. The maximum Gasteiger partial charge on any atom is 0.318 e. The van der Waals surface area contributed by atoms with Crippen molar-refractivity contribution < 1.29 is 4.79 Å². The minimum atomic E-state index is -0.242. The number of amides is 2. The zero-order valence-electron chi connectivity index (χ0n) is 7.29. The number of anilines is 2. The molecular weight excluding hydrogens is 168 g/mol. The second-order valence-corrected chi connectivity index (χ2v) is 2.43. The highest BCUT2D eigenvalue weighted by atomic mass is 16.2. The van der Waals surface area contributed by atoms with Gasteiger partial charge in [0.15, 0.2) is 0 Å². The van der Waals surface area contributed by atoms with Crippen LogP contribution < -0.4 is 21.9 Å². The average molecular weight is 180 g/mol. The molecule has 13 heavy (non-hydrogen) atoms. The summed E-state index contributed by atoms with van der Waals surface area (Å²) in [6, 6.07) is 6.80. The molecule has 0 radical (unpaired) electrons. The Morgan fingerprint density at radius 2 is 1.77 bits per heavy atom. The van der Waals surface area contributed by atoms with E-state index in [2.05, 4.69) is 16.1 Å². The van der Waals surface area contributed by atoms with Crippen molar-refractivity contribution in [3.8, 4) is 0 Å². The van der Waals surface area contributed by atoms with Crippen LogP contribution in [0.2, 0.25) is 0 Å². The first-order valence-corrected chi connectivity index (χ1v) is 3.81. The summed E-state index contributed by atoms with van der Waals surface area (Å²) in [6.07, 6.45) is 0. The van der Waals surface area contributed by atoms with Gasteiger partial charge in [0.2, 0.25) is 0 Å². The molecule has 5 heteroatoms. The summed E-state index contributed by atoms with van der Waals surface area (Å²) < 4.78 is 0. The summed E-state index contributed by atoms with van der Waals surface area (Å²) in [6.45, 7) is 0. The number of nitrogen functional groups attached to an aromatic ring is 1. The number of hydrazine groups is 1. The summed E-state index contributed by atoms with van der Waals surface area (Å²) in [5.41, 5.74) is 4.01. The van der Waals surface area contributed by atoms with Gasteiger partial charge in [-0.25, -0.2) is 4.79 Å². The predicted molar refractivity (Wildman–Crippen MR) is 52.3 cm³/mol. The number of rotatable bonds is 2. The molecule has 70 valence electrons. The highest BCUT2D eigenvalue weighted by Gasteiger charge is 1.96. The molecule has 0 aliphatic heterocycles. The van der Waals surface area contributed by atoms with Gasteiger partial charge in [-0.15, -0.1) is 0 Å². The summed E-state index contributed by atoms with van der Waals surface area (Å²) in [7, 11) is 1.56. The van der Waals surface area contributed by atoms with Gasteiger partial charge in [-0.1, -0.05) is 0 Å². The SMILES string of the molecule is CNC(=O)Nc1ccc(NN)cc1. The number of hydrogen-bond acceptors (Lipinski definition) is 3. The molecule has 0 aliphatic rings. The summed E-state index contributed by atoms with van der Waals surface area (Å²) in [4.78, 5) is 10.9. The van der Waals surface area contributed by atoms with E-state index in [0.29, 0.717) is 0 Å². The molecule has 0 saturated heterocycles. The fourth-order valence-electron chi connectivity index (χ4n) is 0.843. The van der Waals surface area contributed by atoms with Gasteiger partial charge in [-0.2, -0.15) is 0 Å². The van der Waals surface area contributed by atoms with Crippen molar-refractivity contribution in [3.05, 3.63) is 24.3 Å². The molecule has 1 aromatic rings. The van der Waals surface area contributed by atoms with Gasteiger partial charge in [0.25, 0.3) is 0 Å². The quantitative estimate of drug-likeness (QED) is 0.400. The Kier molecular flexibility index (Phi) is 3.10. The standard InChI is InChI=1S/C8H12N4O/c1-10-8(13)11-6-2-4-7(12-9)5-3-6/h2-5,12H,9H2,1H3,(H2,10,11,13). The number of benzene rings is 1. The lowest BCUT2D eigenvalue weighted by Crippen LogP contribution is -2.24. The molecule has 0 atom stereocenters. The van der Waals surface area contributed by atoms with E-state index in [-0.39, 0.29) is 6.03 Å². The lowest BCUT2D eigenvalue weighted by atomic mass is 10.3. The first-order valence-electron chi connectivity index (χ1n) is 3.81. The molecule has 1 aromatic carbocycles. The van der Waals surface area contributed by atoms with E-state index in [9.17, 15) is 4.79 Å². The number of urea groups is 1. The zero-order chi connectivity index (χ0) is 9.68. The Hall–Kier alpha value is -1.75. The third-order valence-corrected chi connectivity index (χ3v) is 1.54. The monoisotopic (exact) mass is 180 g/mol. The largest absolute Gasteiger partial charge is 0.341 e. The van der Waals surface area contributed by atoms with E-state index in [4.69, 9.17) is 5.84 Å². The van der Waals surface area contributed by atoms with Crippen LogP contribution in [0.5, 0.6) is 0 Å². The van der Waals surface area contributed by atoms with Crippen molar-refractivity contribution in [3.63, 3.8) is 0 Å². The third kappa shape index (κ3) is 2.64.